The van der Waals surface area contributed by atoms with Crippen LogP contribution in [0.25, 0.3) is 0 Å². The summed E-state index contributed by atoms with van der Waals surface area (Å²) in [5, 5.41) is 3.27. The lowest BCUT2D eigenvalue weighted by molar-refractivity contribution is 0.00578. The van der Waals surface area contributed by atoms with Crippen molar-refractivity contribution in [3.8, 4) is 5.75 Å². The molecule has 2 heterocycles. The van der Waals surface area contributed by atoms with E-state index in [1.54, 1.807) is 0 Å². The van der Waals surface area contributed by atoms with Crippen LogP contribution in [-0.4, -0.2) is 31.9 Å². The smallest absolute Gasteiger partial charge is 0.480 e. The van der Waals surface area contributed by atoms with E-state index in [9.17, 15) is 4.39 Å². The number of halogens is 2. The van der Waals surface area contributed by atoms with Gasteiger partial charge in [0, 0.05) is 29.6 Å². The van der Waals surface area contributed by atoms with Gasteiger partial charge in [-0.05, 0) is 40.3 Å². The predicted molar refractivity (Wildman–Crippen MR) is 118 cm³/mol. The van der Waals surface area contributed by atoms with Crippen LogP contribution in [0, 0.1) is 5.82 Å². The number of hydrogen-bond acceptors (Lipinski definition) is 4. The van der Waals surface area contributed by atoms with Gasteiger partial charge in [0.05, 0.1) is 16.2 Å². The Morgan fingerprint density at radius 2 is 1.70 bits per heavy atom. The van der Waals surface area contributed by atoms with Crippen LogP contribution < -0.4 is 15.5 Å². The fraction of sp³-hybridized carbons (Fsp3) is 0.478. The fourth-order valence-corrected chi connectivity index (χ4v) is 4.70. The van der Waals surface area contributed by atoms with E-state index in [1.807, 2.05) is 65.1 Å². The van der Waals surface area contributed by atoms with Crippen LogP contribution in [0.5, 0.6) is 5.75 Å². The number of fused-ring (bicyclic) bond motifs is 1. The van der Waals surface area contributed by atoms with Crippen molar-refractivity contribution in [2.45, 2.75) is 57.3 Å². The van der Waals surface area contributed by atoms with E-state index in [1.165, 1.54) is 6.07 Å². The summed E-state index contributed by atoms with van der Waals surface area (Å²) in [6.07, 6.45) is 0. The van der Waals surface area contributed by atoms with Gasteiger partial charge in [-0.15, -0.1) is 0 Å². The van der Waals surface area contributed by atoms with Gasteiger partial charge < -0.3 is 19.4 Å². The number of likely N-dealkylation sites (N-methyl/N-ethyl adjacent to an activating group) is 1. The number of ether oxygens (including phenoxy) is 1. The quantitative estimate of drug-likeness (QED) is 0.729. The monoisotopic (exact) mass is 431 g/mol. The summed E-state index contributed by atoms with van der Waals surface area (Å²) in [6.45, 7) is 10.5. The average molecular weight is 432 g/mol. The predicted octanol–water partition coefficient (Wildman–Crippen LogP) is 4.39. The SMILES string of the molecule is CNC[C@]1(c2ccccc2)Oc2cc(F)c(Cl)c(B3OC(C)(C)C(C)(C)O3)c2[C@@H]1C. The molecule has 7 heteroatoms. The molecule has 0 radical (unpaired) electrons. The third-order valence-corrected chi connectivity index (χ3v) is 7.26. The Kier molecular flexibility index (Phi) is 5.21. The average Bonchev–Trinajstić information content (AvgIpc) is 3.07. The Hall–Kier alpha value is -1.60. The van der Waals surface area contributed by atoms with E-state index in [2.05, 4.69) is 12.2 Å². The molecule has 4 rings (SSSR count). The summed E-state index contributed by atoms with van der Waals surface area (Å²) >= 11 is 6.52. The largest absolute Gasteiger partial charge is 0.496 e. The highest BCUT2D eigenvalue weighted by Gasteiger charge is 2.56. The highest BCUT2D eigenvalue weighted by Crippen LogP contribution is 2.51. The van der Waals surface area contributed by atoms with E-state index < -0.39 is 29.7 Å². The van der Waals surface area contributed by atoms with Gasteiger partial charge in [-0.2, -0.15) is 0 Å². The second-order valence-corrected chi connectivity index (χ2v) is 9.57. The van der Waals surface area contributed by atoms with Crippen molar-refractivity contribution in [1.29, 1.82) is 0 Å². The van der Waals surface area contributed by atoms with Crippen molar-refractivity contribution < 1.29 is 18.4 Å². The van der Waals surface area contributed by atoms with Crippen molar-refractivity contribution >= 4 is 24.2 Å². The molecule has 30 heavy (non-hydrogen) atoms. The van der Waals surface area contributed by atoms with Crippen molar-refractivity contribution in [3.05, 3.63) is 58.4 Å². The third-order valence-electron chi connectivity index (χ3n) is 6.87. The molecule has 0 bridgehead atoms. The summed E-state index contributed by atoms with van der Waals surface area (Å²) in [5.41, 5.74) is 0.535. The number of hydrogen-bond donors (Lipinski definition) is 1. The zero-order chi connectivity index (χ0) is 21.9. The molecule has 0 amide bonds. The first kappa shape index (κ1) is 21.6. The van der Waals surface area contributed by atoms with Gasteiger partial charge in [0.2, 0.25) is 0 Å². The summed E-state index contributed by atoms with van der Waals surface area (Å²) in [6, 6.07) is 11.4. The van der Waals surface area contributed by atoms with Gasteiger partial charge in [0.1, 0.15) is 11.6 Å². The highest BCUT2D eigenvalue weighted by molar-refractivity contribution is 6.66. The molecule has 0 aliphatic carbocycles. The van der Waals surface area contributed by atoms with Crippen molar-refractivity contribution in [3.63, 3.8) is 0 Å². The van der Waals surface area contributed by atoms with Crippen LogP contribution in [0.15, 0.2) is 36.4 Å². The lowest BCUT2D eigenvalue weighted by atomic mass is 9.69. The number of nitrogens with one attached hydrogen (secondary N) is 1. The molecule has 2 aromatic rings. The van der Waals surface area contributed by atoms with E-state index in [-0.39, 0.29) is 10.9 Å². The van der Waals surface area contributed by atoms with Gasteiger partial charge in [0.15, 0.2) is 5.60 Å². The Morgan fingerprint density at radius 3 is 2.27 bits per heavy atom. The molecule has 2 aliphatic heterocycles. The number of benzene rings is 2. The lowest BCUT2D eigenvalue weighted by Gasteiger charge is -2.33. The fourth-order valence-electron chi connectivity index (χ4n) is 4.46. The van der Waals surface area contributed by atoms with E-state index in [4.69, 9.17) is 25.6 Å². The molecule has 4 nitrogen and oxygen atoms in total. The summed E-state index contributed by atoms with van der Waals surface area (Å²) in [5.74, 6) is -0.177. The highest BCUT2D eigenvalue weighted by atomic mass is 35.5. The topological polar surface area (TPSA) is 39.7 Å². The summed E-state index contributed by atoms with van der Waals surface area (Å²) in [4.78, 5) is 0. The van der Waals surface area contributed by atoms with Gasteiger partial charge in [-0.25, -0.2) is 4.39 Å². The van der Waals surface area contributed by atoms with E-state index >= 15 is 0 Å². The maximum absolute atomic E-state index is 14.9. The van der Waals surface area contributed by atoms with Crippen LogP contribution >= 0.6 is 11.6 Å². The van der Waals surface area contributed by atoms with Crippen molar-refractivity contribution in [2.75, 3.05) is 13.6 Å². The Labute approximate surface area is 183 Å². The summed E-state index contributed by atoms with van der Waals surface area (Å²) in [7, 11) is 1.10. The molecule has 1 N–H and O–H groups in total. The molecule has 2 aliphatic rings. The molecule has 2 atom stereocenters. The van der Waals surface area contributed by atoms with Crippen LogP contribution in [0.1, 0.15) is 51.7 Å². The molecule has 0 saturated carbocycles. The number of rotatable bonds is 4. The second-order valence-electron chi connectivity index (χ2n) is 9.20. The van der Waals surface area contributed by atoms with E-state index in [0.29, 0.717) is 17.8 Å². The van der Waals surface area contributed by atoms with Crippen LogP contribution in [-0.2, 0) is 14.9 Å². The van der Waals surface area contributed by atoms with E-state index in [0.717, 1.165) is 11.1 Å². The van der Waals surface area contributed by atoms with Crippen LogP contribution in [0.3, 0.4) is 0 Å². The standard InChI is InChI=1S/C23H28BClFNO3/c1-14-18-17(28-23(14,13-27-6)15-10-8-7-9-11-15)12-16(26)20(25)19(18)24-29-21(2,3)22(4,5)30-24/h7-12,14,27H,13H2,1-6H3/t14-,23-/m0/s1. The summed E-state index contributed by atoms with van der Waals surface area (Å²) < 4.78 is 33.9. The third kappa shape index (κ3) is 3.08. The minimum Gasteiger partial charge on any atom is -0.480 e. The molecule has 1 fully saturated rings. The van der Waals surface area contributed by atoms with Gasteiger partial charge >= 0.3 is 7.12 Å². The molecule has 1 saturated heterocycles. The van der Waals surface area contributed by atoms with Gasteiger partial charge in [0.25, 0.3) is 0 Å². The maximum atomic E-state index is 14.9. The zero-order valence-corrected chi connectivity index (χ0v) is 19.1. The molecule has 0 unspecified atom stereocenters. The Balaban J connectivity index is 1.88. The van der Waals surface area contributed by atoms with Crippen molar-refractivity contribution in [2.24, 2.45) is 0 Å². The Morgan fingerprint density at radius 1 is 1.10 bits per heavy atom. The van der Waals surface area contributed by atoms with Crippen LogP contribution in [0.4, 0.5) is 4.39 Å². The molecular weight excluding hydrogens is 404 g/mol. The molecular formula is C23H28BClFNO3. The molecule has 0 aromatic heterocycles. The van der Waals surface area contributed by atoms with Gasteiger partial charge in [-0.3, -0.25) is 0 Å². The minimum atomic E-state index is -0.779. The second kappa shape index (κ2) is 7.23. The first-order chi connectivity index (χ1) is 14.0. The lowest BCUT2D eigenvalue weighted by Crippen LogP contribution is -2.44. The molecule has 160 valence electrons. The van der Waals surface area contributed by atoms with Crippen molar-refractivity contribution in [1.82, 2.24) is 5.32 Å². The normalized spacial score (nSPS) is 26.5. The zero-order valence-electron chi connectivity index (χ0n) is 18.3. The minimum absolute atomic E-state index is 0.0241. The van der Waals surface area contributed by atoms with Crippen LogP contribution in [0.2, 0.25) is 5.02 Å². The first-order valence-corrected chi connectivity index (χ1v) is 10.7. The molecule has 2 aromatic carbocycles. The van der Waals surface area contributed by atoms with Gasteiger partial charge in [-0.1, -0.05) is 48.9 Å². The maximum Gasteiger partial charge on any atom is 0.496 e. The molecule has 0 spiro atoms. The Bertz CT molecular complexity index is 953. The first-order valence-electron chi connectivity index (χ1n) is 10.3.